The quantitative estimate of drug-likeness (QED) is 0.909. The first-order valence-electron chi connectivity index (χ1n) is 7.92. The number of carbonyl (C=O) groups is 2. The molecule has 0 spiro atoms. The third-order valence-electron chi connectivity index (χ3n) is 4.23. The van der Waals surface area contributed by atoms with Gasteiger partial charge in [0.15, 0.2) is 0 Å². The number of fused-ring (bicyclic) bond motifs is 1. The van der Waals surface area contributed by atoms with Gasteiger partial charge < -0.3 is 15.4 Å². The van der Waals surface area contributed by atoms with Gasteiger partial charge in [-0.15, -0.1) is 0 Å². The predicted molar refractivity (Wildman–Crippen MR) is 89.8 cm³/mol. The van der Waals surface area contributed by atoms with Gasteiger partial charge in [0.2, 0.25) is 11.8 Å². The second kappa shape index (κ2) is 7.27. The zero-order valence-electron chi connectivity index (χ0n) is 13.4. The van der Waals surface area contributed by atoms with Crippen molar-refractivity contribution in [3.05, 3.63) is 71.3 Å². The number of carbonyl (C=O) groups excluding carboxylic acids is 2. The molecule has 1 aliphatic heterocycles. The van der Waals surface area contributed by atoms with Gasteiger partial charge in [-0.25, -0.2) is 0 Å². The van der Waals surface area contributed by atoms with E-state index in [2.05, 4.69) is 0 Å². The number of amides is 2. The zero-order valence-corrected chi connectivity index (χ0v) is 13.4. The molecule has 124 valence electrons. The van der Waals surface area contributed by atoms with Crippen LogP contribution < -0.4 is 5.73 Å². The van der Waals surface area contributed by atoms with Crippen molar-refractivity contribution in [2.45, 2.75) is 25.6 Å². The van der Waals surface area contributed by atoms with Crippen LogP contribution in [0.2, 0.25) is 0 Å². The molecule has 3 rings (SSSR count). The van der Waals surface area contributed by atoms with Gasteiger partial charge in [-0.05, 0) is 16.7 Å². The molecule has 24 heavy (non-hydrogen) atoms. The summed E-state index contributed by atoms with van der Waals surface area (Å²) in [6.45, 7) is 0.677. The van der Waals surface area contributed by atoms with Gasteiger partial charge in [-0.2, -0.15) is 0 Å². The summed E-state index contributed by atoms with van der Waals surface area (Å²) >= 11 is 0. The summed E-state index contributed by atoms with van der Waals surface area (Å²) in [4.78, 5) is 25.8. The number of primary amides is 1. The summed E-state index contributed by atoms with van der Waals surface area (Å²) < 4.78 is 5.51. The van der Waals surface area contributed by atoms with Crippen molar-refractivity contribution < 1.29 is 14.3 Å². The van der Waals surface area contributed by atoms with Gasteiger partial charge in [-0.1, -0.05) is 54.6 Å². The van der Waals surface area contributed by atoms with Gasteiger partial charge in [0.05, 0.1) is 6.61 Å². The molecule has 5 nitrogen and oxygen atoms in total. The molecule has 1 heterocycles. The van der Waals surface area contributed by atoms with Gasteiger partial charge in [0, 0.05) is 13.0 Å². The Labute approximate surface area is 141 Å². The van der Waals surface area contributed by atoms with Crippen LogP contribution in [0.15, 0.2) is 54.6 Å². The number of rotatable bonds is 5. The fourth-order valence-electron chi connectivity index (χ4n) is 2.95. The van der Waals surface area contributed by atoms with Crippen LogP contribution in [0.1, 0.15) is 16.7 Å². The lowest BCUT2D eigenvalue weighted by atomic mass is 9.93. The maximum absolute atomic E-state index is 12.5. The fraction of sp³-hybridized carbons (Fsp3) is 0.263. The molecule has 0 saturated heterocycles. The summed E-state index contributed by atoms with van der Waals surface area (Å²) in [6.07, 6.45) is 0.454. The van der Waals surface area contributed by atoms with Gasteiger partial charge in [0.25, 0.3) is 0 Å². The molecule has 0 saturated carbocycles. The van der Waals surface area contributed by atoms with Crippen molar-refractivity contribution in [2.75, 3.05) is 6.61 Å². The van der Waals surface area contributed by atoms with Crippen LogP contribution in [0.5, 0.6) is 0 Å². The lowest BCUT2D eigenvalue weighted by Gasteiger charge is -2.35. The van der Waals surface area contributed by atoms with Crippen molar-refractivity contribution in [3.63, 3.8) is 0 Å². The highest BCUT2D eigenvalue weighted by Gasteiger charge is 2.33. The summed E-state index contributed by atoms with van der Waals surface area (Å²) in [6, 6.07) is 16.8. The number of hydrogen-bond acceptors (Lipinski definition) is 3. The molecule has 1 unspecified atom stereocenters. The topological polar surface area (TPSA) is 72.6 Å². The normalized spacial score (nSPS) is 16.5. The average Bonchev–Trinajstić information content (AvgIpc) is 2.61. The van der Waals surface area contributed by atoms with E-state index in [-0.39, 0.29) is 12.5 Å². The third-order valence-corrected chi connectivity index (χ3v) is 4.23. The van der Waals surface area contributed by atoms with Crippen LogP contribution in [0.3, 0.4) is 0 Å². The molecule has 0 fully saturated rings. The number of nitrogens with two attached hydrogens (primary N) is 1. The van der Waals surface area contributed by atoms with Gasteiger partial charge in [-0.3, -0.25) is 9.59 Å². The largest absolute Gasteiger partial charge is 0.368 e. The molecule has 2 aromatic rings. The lowest BCUT2D eigenvalue weighted by Crippen LogP contribution is -2.52. The monoisotopic (exact) mass is 324 g/mol. The van der Waals surface area contributed by atoms with E-state index in [4.69, 9.17) is 10.5 Å². The molecule has 1 aliphatic rings. The molecular weight excluding hydrogens is 304 g/mol. The van der Waals surface area contributed by atoms with Crippen LogP contribution in [0, 0.1) is 0 Å². The minimum atomic E-state index is -0.618. The second-order valence-electron chi connectivity index (χ2n) is 5.89. The number of nitrogens with zero attached hydrogens (tertiary/aromatic N) is 1. The minimum Gasteiger partial charge on any atom is -0.368 e. The lowest BCUT2D eigenvalue weighted by molar-refractivity contribution is -0.144. The third kappa shape index (κ3) is 3.63. The highest BCUT2D eigenvalue weighted by Crippen LogP contribution is 2.23. The maximum Gasteiger partial charge on any atom is 0.249 e. The van der Waals surface area contributed by atoms with E-state index < -0.39 is 11.9 Å². The Kier molecular flexibility index (Phi) is 4.91. The summed E-state index contributed by atoms with van der Waals surface area (Å²) in [7, 11) is 0. The van der Waals surface area contributed by atoms with Crippen molar-refractivity contribution in [1.82, 2.24) is 4.90 Å². The number of benzene rings is 2. The first kappa shape index (κ1) is 16.2. The highest BCUT2D eigenvalue weighted by molar-refractivity contribution is 5.88. The van der Waals surface area contributed by atoms with Crippen LogP contribution in [0.4, 0.5) is 0 Å². The van der Waals surface area contributed by atoms with E-state index in [1.54, 1.807) is 0 Å². The molecule has 2 N–H and O–H groups in total. The molecule has 5 heteroatoms. The summed E-state index contributed by atoms with van der Waals surface area (Å²) in [5.74, 6) is -0.704. The van der Waals surface area contributed by atoms with Crippen molar-refractivity contribution in [1.29, 1.82) is 0 Å². The van der Waals surface area contributed by atoms with Crippen molar-refractivity contribution in [2.24, 2.45) is 5.73 Å². The zero-order chi connectivity index (χ0) is 16.9. The predicted octanol–water partition coefficient (Wildman–Crippen LogP) is 1.64. The first-order valence-corrected chi connectivity index (χ1v) is 7.92. The fourth-order valence-corrected chi connectivity index (χ4v) is 2.95. The minimum absolute atomic E-state index is 0.0686. The molecule has 0 aromatic heterocycles. The second-order valence-corrected chi connectivity index (χ2v) is 5.89. The van der Waals surface area contributed by atoms with E-state index in [9.17, 15) is 9.59 Å². The first-order chi connectivity index (χ1) is 11.6. The smallest absolute Gasteiger partial charge is 0.249 e. The van der Waals surface area contributed by atoms with Gasteiger partial charge >= 0.3 is 0 Å². The SMILES string of the molecule is NC(=O)C1Cc2ccccc2CN1C(=O)COCc1ccccc1. The van der Waals surface area contributed by atoms with Crippen LogP contribution in [-0.2, 0) is 33.9 Å². The standard InChI is InChI=1S/C19H20N2O3/c20-19(23)17-10-15-8-4-5-9-16(15)11-21(17)18(22)13-24-12-14-6-2-1-3-7-14/h1-9,17H,10-13H2,(H2,20,23). The molecule has 1 atom stereocenters. The Bertz CT molecular complexity index is 730. The van der Waals surface area contributed by atoms with Crippen LogP contribution >= 0.6 is 0 Å². The van der Waals surface area contributed by atoms with Crippen LogP contribution in [0.25, 0.3) is 0 Å². The van der Waals surface area contributed by atoms with E-state index in [1.807, 2.05) is 54.6 Å². The number of hydrogen-bond donors (Lipinski definition) is 1. The Morgan fingerprint density at radius 3 is 2.42 bits per heavy atom. The van der Waals surface area contributed by atoms with E-state index in [0.29, 0.717) is 19.6 Å². The Morgan fingerprint density at radius 2 is 1.71 bits per heavy atom. The Balaban J connectivity index is 1.65. The van der Waals surface area contributed by atoms with E-state index >= 15 is 0 Å². The molecule has 0 radical (unpaired) electrons. The maximum atomic E-state index is 12.5. The molecule has 0 bridgehead atoms. The molecular formula is C19H20N2O3. The Hall–Kier alpha value is -2.66. The van der Waals surface area contributed by atoms with Gasteiger partial charge in [0.1, 0.15) is 12.6 Å². The van der Waals surface area contributed by atoms with E-state index in [0.717, 1.165) is 16.7 Å². The van der Waals surface area contributed by atoms with Crippen LogP contribution in [-0.4, -0.2) is 29.4 Å². The molecule has 0 aliphatic carbocycles. The Morgan fingerprint density at radius 1 is 1.04 bits per heavy atom. The highest BCUT2D eigenvalue weighted by atomic mass is 16.5. The van der Waals surface area contributed by atoms with Crippen molar-refractivity contribution >= 4 is 11.8 Å². The molecule has 2 amide bonds. The average molecular weight is 324 g/mol. The molecule has 2 aromatic carbocycles. The summed E-state index contributed by atoms with van der Waals surface area (Å²) in [5.41, 5.74) is 8.61. The van der Waals surface area contributed by atoms with E-state index in [1.165, 1.54) is 4.90 Å². The summed E-state index contributed by atoms with van der Waals surface area (Å²) in [5, 5.41) is 0. The number of ether oxygens (including phenoxy) is 1. The van der Waals surface area contributed by atoms with Crippen molar-refractivity contribution in [3.8, 4) is 0 Å².